The summed E-state index contributed by atoms with van der Waals surface area (Å²) in [4.78, 5) is 12.9. The molecule has 20 heavy (non-hydrogen) atoms. The van der Waals surface area contributed by atoms with Crippen LogP contribution in [-0.4, -0.2) is 29.5 Å². The van der Waals surface area contributed by atoms with Gasteiger partial charge in [-0.05, 0) is 43.5 Å². The van der Waals surface area contributed by atoms with Gasteiger partial charge in [0.2, 0.25) is 0 Å². The molecule has 0 saturated heterocycles. The summed E-state index contributed by atoms with van der Waals surface area (Å²) in [5.74, 6) is 0. The first-order chi connectivity index (χ1) is 9.20. The van der Waals surface area contributed by atoms with Gasteiger partial charge in [0.15, 0.2) is 0 Å². The zero-order valence-corrected chi connectivity index (χ0v) is 12.4. The Balaban J connectivity index is 0.00000200. The molecule has 2 N–H and O–H groups in total. The maximum Gasteiger partial charge on any atom is 0.269 e. The highest BCUT2D eigenvalue weighted by Crippen LogP contribution is 2.23. The van der Waals surface area contributed by atoms with Gasteiger partial charge in [-0.3, -0.25) is 15.0 Å². The Hall–Kier alpha value is -1.17. The smallest absolute Gasteiger partial charge is 0.269 e. The van der Waals surface area contributed by atoms with Gasteiger partial charge in [-0.25, -0.2) is 0 Å². The van der Waals surface area contributed by atoms with E-state index < -0.39 is 0 Å². The van der Waals surface area contributed by atoms with E-state index in [9.17, 15) is 10.1 Å². The van der Waals surface area contributed by atoms with E-state index in [4.69, 9.17) is 5.73 Å². The number of hydrogen-bond donors (Lipinski definition) is 1. The molecular weight excluding hydrogens is 278 g/mol. The molecule has 0 aliphatic carbocycles. The van der Waals surface area contributed by atoms with Crippen molar-refractivity contribution < 1.29 is 4.92 Å². The van der Waals surface area contributed by atoms with Gasteiger partial charge >= 0.3 is 0 Å². The molecule has 0 spiro atoms. The minimum Gasteiger partial charge on any atom is -0.330 e. The summed E-state index contributed by atoms with van der Waals surface area (Å²) in [5.41, 5.74) is 8.04. The molecular formula is C14H22ClN3O2. The monoisotopic (exact) mass is 299 g/mol. The average molecular weight is 300 g/mol. The number of halogens is 1. The van der Waals surface area contributed by atoms with E-state index in [0.29, 0.717) is 0 Å². The number of hydrogen-bond acceptors (Lipinski definition) is 4. The van der Waals surface area contributed by atoms with Crippen LogP contribution in [0.5, 0.6) is 0 Å². The third-order valence-electron chi connectivity index (χ3n) is 3.67. The number of nitro benzene ring substituents is 1. The first kappa shape index (κ1) is 16.9. The standard InChI is InChI=1S/C14H21N3O2.ClH/c15-7-2-1-3-8-16-9-6-12-4-5-14(17(18)19)10-13(12)11-16;/h4-5,10H,1-3,6-9,11,15H2;1H. The molecule has 1 aliphatic rings. The van der Waals surface area contributed by atoms with Crippen molar-refractivity contribution in [1.29, 1.82) is 0 Å². The molecule has 0 atom stereocenters. The van der Waals surface area contributed by atoms with Crippen LogP contribution in [0.4, 0.5) is 5.69 Å². The molecule has 1 aromatic rings. The van der Waals surface area contributed by atoms with E-state index in [1.807, 2.05) is 6.07 Å². The van der Waals surface area contributed by atoms with Crippen molar-refractivity contribution in [2.45, 2.75) is 32.2 Å². The molecule has 112 valence electrons. The topological polar surface area (TPSA) is 72.4 Å². The van der Waals surface area contributed by atoms with Crippen LogP contribution in [0, 0.1) is 10.1 Å². The van der Waals surface area contributed by atoms with Crippen molar-refractivity contribution in [2.24, 2.45) is 5.73 Å². The normalized spacial score (nSPS) is 14.4. The number of fused-ring (bicyclic) bond motifs is 1. The quantitative estimate of drug-likeness (QED) is 0.498. The fraction of sp³-hybridized carbons (Fsp3) is 0.571. The second kappa shape index (κ2) is 8.19. The van der Waals surface area contributed by atoms with Crippen LogP contribution in [0.15, 0.2) is 18.2 Å². The van der Waals surface area contributed by atoms with E-state index in [-0.39, 0.29) is 23.0 Å². The Morgan fingerprint density at radius 3 is 2.75 bits per heavy atom. The lowest BCUT2D eigenvalue weighted by Crippen LogP contribution is -2.31. The summed E-state index contributed by atoms with van der Waals surface area (Å²) in [7, 11) is 0. The SMILES string of the molecule is Cl.NCCCCCN1CCc2ccc([N+](=O)[O-])cc2C1. The molecule has 5 nitrogen and oxygen atoms in total. The highest BCUT2D eigenvalue weighted by Gasteiger charge is 2.18. The summed E-state index contributed by atoms with van der Waals surface area (Å²) in [5, 5.41) is 10.8. The summed E-state index contributed by atoms with van der Waals surface area (Å²) in [6.07, 6.45) is 4.39. The van der Waals surface area contributed by atoms with E-state index in [2.05, 4.69) is 4.90 Å². The maximum absolute atomic E-state index is 10.8. The number of unbranched alkanes of at least 4 members (excludes halogenated alkanes) is 2. The number of nitrogens with two attached hydrogens (primary N) is 1. The van der Waals surface area contributed by atoms with Gasteiger partial charge < -0.3 is 5.73 Å². The van der Waals surface area contributed by atoms with Gasteiger partial charge in [-0.1, -0.05) is 12.5 Å². The predicted molar refractivity (Wildman–Crippen MR) is 82.2 cm³/mol. The molecule has 0 fully saturated rings. The fourth-order valence-electron chi connectivity index (χ4n) is 2.56. The lowest BCUT2D eigenvalue weighted by molar-refractivity contribution is -0.385. The van der Waals surface area contributed by atoms with Crippen molar-refractivity contribution >= 4 is 18.1 Å². The van der Waals surface area contributed by atoms with Gasteiger partial charge in [-0.2, -0.15) is 0 Å². The van der Waals surface area contributed by atoms with Crippen LogP contribution in [0.3, 0.4) is 0 Å². The summed E-state index contributed by atoms with van der Waals surface area (Å²) in [6.45, 7) is 3.70. The molecule has 1 heterocycles. The highest BCUT2D eigenvalue weighted by molar-refractivity contribution is 5.85. The van der Waals surface area contributed by atoms with E-state index in [0.717, 1.165) is 57.4 Å². The molecule has 2 rings (SSSR count). The van der Waals surface area contributed by atoms with Crippen molar-refractivity contribution in [2.75, 3.05) is 19.6 Å². The Bertz CT molecular complexity index is 454. The first-order valence-corrected chi connectivity index (χ1v) is 6.89. The number of benzene rings is 1. The molecule has 0 radical (unpaired) electrons. The average Bonchev–Trinajstić information content (AvgIpc) is 2.42. The Morgan fingerprint density at radius 2 is 2.05 bits per heavy atom. The molecule has 0 bridgehead atoms. The predicted octanol–water partition coefficient (Wildman–Crippen LogP) is 2.50. The number of nitrogens with zero attached hydrogens (tertiary/aromatic N) is 2. The van der Waals surface area contributed by atoms with Gasteiger partial charge in [-0.15, -0.1) is 12.4 Å². The third-order valence-corrected chi connectivity index (χ3v) is 3.67. The van der Waals surface area contributed by atoms with Gasteiger partial charge in [0.1, 0.15) is 0 Å². The lowest BCUT2D eigenvalue weighted by atomic mass is 9.99. The minimum atomic E-state index is -0.319. The largest absolute Gasteiger partial charge is 0.330 e. The van der Waals surface area contributed by atoms with Crippen LogP contribution >= 0.6 is 12.4 Å². The Morgan fingerprint density at radius 1 is 1.25 bits per heavy atom. The Labute approximate surface area is 125 Å². The maximum atomic E-state index is 10.8. The van der Waals surface area contributed by atoms with Crippen LogP contribution in [0.25, 0.3) is 0 Å². The van der Waals surface area contributed by atoms with Gasteiger partial charge in [0.05, 0.1) is 4.92 Å². The van der Waals surface area contributed by atoms with Crippen molar-refractivity contribution in [3.05, 3.63) is 39.4 Å². The third kappa shape index (κ3) is 4.44. The zero-order valence-electron chi connectivity index (χ0n) is 11.6. The van der Waals surface area contributed by atoms with Crippen LogP contribution in [0.1, 0.15) is 30.4 Å². The van der Waals surface area contributed by atoms with Crippen LogP contribution < -0.4 is 5.73 Å². The van der Waals surface area contributed by atoms with Crippen molar-refractivity contribution in [1.82, 2.24) is 4.90 Å². The molecule has 1 aromatic carbocycles. The van der Waals surface area contributed by atoms with E-state index >= 15 is 0 Å². The van der Waals surface area contributed by atoms with E-state index in [1.54, 1.807) is 12.1 Å². The first-order valence-electron chi connectivity index (χ1n) is 6.89. The summed E-state index contributed by atoms with van der Waals surface area (Å²) in [6, 6.07) is 5.23. The minimum absolute atomic E-state index is 0. The summed E-state index contributed by atoms with van der Waals surface area (Å²) >= 11 is 0. The molecule has 0 aromatic heterocycles. The fourth-order valence-corrected chi connectivity index (χ4v) is 2.56. The zero-order chi connectivity index (χ0) is 13.7. The van der Waals surface area contributed by atoms with Crippen LogP contribution in [-0.2, 0) is 13.0 Å². The molecule has 1 aliphatic heterocycles. The van der Waals surface area contributed by atoms with Gasteiger partial charge in [0.25, 0.3) is 5.69 Å². The second-order valence-corrected chi connectivity index (χ2v) is 5.09. The number of nitro groups is 1. The van der Waals surface area contributed by atoms with Crippen LogP contribution in [0.2, 0.25) is 0 Å². The van der Waals surface area contributed by atoms with Crippen molar-refractivity contribution in [3.63, 3.8) is 0 Å². The molecule has 0 saturated carbocycles. The number of non-ortho nitro benzene ring substituents is 1. The number of rotatable bonds is 6. The second-order valence-electron chi connectivity index (χ2n) is 5.09. The summed E-state index contributed by atoms with van der Waals surface area (Å²) < 4.78 is 0. The van der Waals surface area contributed by atoms with E-state index in [1.165, 1.54) is 5.56 Å². The molecule has 0 unspecified atom stereocenters. The Kier molecular flexibility index (Phi) is 6.91. The molecule has 0 amide bonds. The highest BCUT2D eigenvalue weighted by atomic mass is 35.5. The molecule has 6 heteroatoms. The lowest BCUT2D eigenvalue weighted by Gasteiger charge is -2.28. The van der Waals surface area contributed by atoms with Crippen molar-refractivity contribution in [3.8, 4) is 0 Å². The van der Waals surface area contributed by atoms with Gasteiger partial charge in [0, 0.05) is 25.2 Å².